The number of anilines is 1. The molecule has 94 valence electrons. The van der Waals surface area contributed by atoms with E-state index in [-0.39, 0.29) is 0 Å². The van der Waals surface area contributed by atoms with Gasteiger partial charge in [-0.1, -0.05) is 44.2 Å². The summed E-state index contributed by atoms with van der Waals surface area (Å²) >= 11 is 0. The van der Waals surface area contributed by atoms with Gasteiger partial charge in [-0.3, -0.25) is 0 Å². The fraction of sp³-hybridized carbons (Fsp3) is 0.625. The van der Waals surface area contributed by atoms with Crippen molar-refractivity contribution in [2.75, 3.05) is 11.9 Å². The molecule has 1 aliphatic rings. The van der Waals surface area contributed by atoms with Gasteiger partial charge in [0.1, 0.15) is 0 Å². The summed E-state index contributed by atoms with van der Waals surface area (Å²) in [4.78, 5) is 0. The lowest BCUT2D eigenvalue weighted by Gasteiger charge is -2.22. The molecule has 1 aromatic rings. The maximum atomic E-state index is 3.60. The standard InChI is InChI=1S/C16H25N/c1-13-7-6-10-16(14(13)2)17-12-11-15-8-4-3-5-9-15/h6-7,10,15,17H,3-5,8-9,11-12H2,1-2H3. The second kappa shape index (κ2) is 6.09. The molecule has 1 heteroatoms. The zero-order chi connectivity index (χ0) is 12.1. The number of hydrogen-bond donors (Lipinski definition) is 1. The van der Waals surface area contributed by atoms with Crippen molar-refractivity contribution in [3.63, 3.8) is 0 Å². The minimum absolute atomic E-state index is 0.973. The lowest BCUT2D eigenvalue weighted by Crippen LogP contribution is -2.12. The molecule has 17 heavy (non-hydrogen) atoms. The molecule has 0 saturated heterocycles. The third kappa shape index (κ3) is 3.49. The van der Waals surface area contributed by atoms with E-state index in [1.54, 1.807) is 0 Å². The Kier molecular flexibility index (Phi) is 4.47. The third-order valence-corrected chi connectivity index (χ3v) is 4.20. The van der Waals surface area contributed by atoms with E-state index < -0.39 is 0 Å². The Labute approximate surface area is 106 Å². The van der Waals surface area contributed by atoms with E-state index in [9.17, 15) is 0 Å². The lowest BCUT2D eigenvalue weighted by atomic mass is 9.87. The zero-order valence-corrected chi connectivity index (χ0v) is 11.3. The molecule has 0 heterocycles. The smallest absolute Gasteiger partial charge is 0.0372 e. The van der Waals surface area contributed by atoms with Gasteiger partial charge in [0.05, 0.1) is 0 Å². The van der Waals surface area contributed by atoms with E-state index in [0.29, 0.717) is 0 Å². The van der Waals surface area contributed by atoms with Gasteiger partial charge in [-0.05, 0) is 43.4 Å². The van der Waals surface area contributed by atoms with Crippen LogP contribution < -0.4 is 5.32 Å². The molecule has 0 amide bonds. The van der Waals surface area contributed by atoms with Gasteiger partial charge < -0.3 is 5.32 Å². The van der Waals surface area contributed by atoms with Crippen LogP contribution in [-0.2, 0) is 0 Å². The summed E-state index contributed by atoms with van der Waals surface area (Å²) in [5.41, 5.74) is 4.10. The summed E-state index contributed by atoms with van der Waals surface area (Å²) in [6, 6.07) is 6.52. The first-order valence-corrected chi connectivity index (χ1v) is 7.07. The fourth-order valence-electron chi connectivity index (χ4n) is 2.83. The van der Waals surface area contributed by atoms with E-state index in [4.69, 9.17) is 0 Å². The second-order valence-electron chi connectivity index (χ2n) is 5.47. The first kappa shape index (κ1) is 12.5. The number of aryl methyl sites for hydroxylation is 1. The maximum Gasteiger partial charge on any atom is 0.0372 e. The number of hydrogen-bond acceptors (Lipinski definition) is 1. The van der Waals surface area contributed by atoms with Crippen LogP contribution in [0.4, 0.5) is 5.69 Å². The van der Waals surface area contributed by atoms with Gasteiger partial charge in [-0.25, -0.2) is 0 Å². The van der Waals surface area contributed by atoms with Crippen LogP contribution in [0, 0.1) is 19.8 Å². The second-order valence-corrected chi connectivity index (χ2v) is 5.47. The Morgan fingerprint density at radius 2 is 1.88 bits per heavy atom. The van der Waals surface area contributed by atoms with Crippen LogP contribution in [0.1, 0.15) is 49.7 Å². The Morgan fingerprint density at radius 1 is 1.12 bits per heavy atom. The molecule has 1 N–H and O–H groups in total. The van der Waals surface area contributed by atoms with Gasteiger partial charge in [-0.2, -0.15) is 0 Å². The van der Waals surface area contributed by atoms with Gasteiger partial charge in [0.25, 0.3) is 0 Å². The molecule has 0 spiro atoms. The van der Waals surface area contributed by atoms with E-state index in [1.165, 1.54) is 55.3 Å². The summed E-state index contributed by atoms with van der Waals surface area (Å²) in [6.45, 7) is 5.52. The molecule has 2 rings (SSSR count). The topological polar surface area (TPSA) is 12.0 Å². The average molecular weight is 231 g/mol. The van der Waals surface area contributed by atoms with Crippen LogP contribution >= 0.6 is 0 Å². The van der Waals surface area contributed by atoms with Crippen molar-refractivity contribution in [3.05, 3.63) is 29.3 Å². The molecule has 1 fully saturated rings. The predicted octanol–water partition coefficient (Wildman–Crippen LogP) is 4.69. The van der Waals surface area contributed by atoms with Crippen LogP contribution in [-0.4, -0.2) is 6.54 Å². The van der Waals surface area contributed by atoms with Crippen molar-refractivity contribution in [1.29, 1.82) is 0 Å². The molecule has 1 aliphatic carbocycles. The Morgan fingerprint density at radius 3 is 2.65 bits per heavy atom. The summed E-state index contributed by atoms with van der Waals surface area (Å²) in [6.07, 6.45) is 8.61. The normalized spacial score (nSPS) is 17.1. The zero-order valence-electron chi connectivity index (χ0n) is 11.3. The molecule has 0 unspecified atom stereocenters. The Balaban J connectivity index is 1.79. The van der Waals surface area contributed by atoms with Crippen molar-refractivity contribution >= 4 is 5.69 Å². The largest absolute Gasteiger partial charge is 0.385 e. The highest BCUT2D eigenvalue weighted by Crippen LogP contribution is 2.26. The average Bonchev–Trinajstić information content (AvgIpc) is 2.36. The number of nitrogens with one attached hydrogen (secondary N) is 1. The van der Waals surface area contributed by atoms with Crippen LogP contribution in [0.3, 0.4) is 0 Å². The molecular formula is C16H25N. The van der Waals surface area contributed by atoms with Crippen molar-refractivity contribution < 1.29 is 0 Å². The quantitative estimate of drug-likeness (QED) is 0.793. The fourth-order valence-corrected chi connectivity index (χ4v) is 2.83. The summed E-state index contributed by atoms with van der Waals surface area (Å²) in [5.74, 6) is 0.973. The minimum atomic E-state index is 0.973. The molecule has 0 bridgehead atoms. The van der Waals surface area contributed by atoms with Crippen molar-refractivity contribution in [2.24, 2.45) is 5.92 Å². The van der Waals surface area contributed by atoms with Crippen LogP contribution in [0.5, 0.6) is 0 Å². The molecule has 0 aromatic heterocycles. The van der Waals surface area contributed by atoms with Gasteiger partial charge in [0.15, 0.2) is 0 Å². The van der Waals surface area contributed by atoms with Gasteiger partial charge in [0.2, 0.25) is 0 Å². The van der Waals surface area contributed by atoms with Crippen molar-refractivity contribution in [2.45, 2.75) is 52.4 Å². The number of benzene rings is 1. The van der Waals surface area contributed by atoms with E-state index in [0.717, 1.165) is 12.5 Å². The van der Waals surface area contributed by atoms with Crippen LogP contribution in [0.25, 0.3) is 0 Å². The van der Waals surface area contributed by atoms with Crippen molar-refractivity contribution in [1.82, 2.24) is 0 Å². The van der Waals surface area contributed by atoms with E-state index in [1.807, 2.05) is 0 Å². The highest BCUT2D eigenvalue weighted by molar-refractivity contribution is 5.53. The summed E-state index contributed by atoms with van der Waals surface area (Å²) < 4.78 is 0. The molecule has 1 aromatic carbocycles. The summed E-state index contributed by atoms with van der Waals surface area (Å²) in [7, 11) is 0. The van der Waals surface area contributed by atoms with Crippen LogP contribution in [0.15, 0.2) is 18.2 Å². The monoisotopic (exact) mass is 231 g/mol. The molecule has 1 nitrogen and oxygen atoms in total. The maximum absolute atomic E-state index is 3.60. The first-order chi connectivity index (χ1) is 8.27. The van der Waals surface area contributed by atoms with E-state index in [2.05, 4.69) is 37.4 Å². The SMILES string of the molecule is Cc1cccc(NCCC2CCCCC2)c1C. The molecule has 0 radical (unpaired) electrons. The third-order valence-electron chi connectivity index (χ3n) is 4.20. The van der Waals surface area contributed by atoms with Gasteiger partial charge in [0, 0.05) is 12.2 Å². The molecule has 1 saturated carbocycles. The Bertz CT molecular complexity index is 351. The van der Waals surface area contributed by atoms with Gasteiger partial charge in [-0.15, -0.1) is 0 Å². The van der Waals surface area contributed by atoms with E-state index >= 15 is 0 Å². The molecule has 0 aliphatic heterocycles. The minimum Gasteiger partial charge on any atom is -0.385 e. The van der Waals surface area contributed by atoms with Gasteiger partial charge >= 0.3 is 0 Å². The first-order valence-electron chi connectivity index (χ1n) is 7.07. The lowest BCUT2D eigenvalue weighted by molar-refractivity contribution is 0.345. The summed E-state index contributed by atoms with van der Waals surface area (Å²) in [5, 5.41) is 3.60. The predicted molar refractivity (Wildman–Crippen MR) is 75.6 cm³/mol. The van der Waals surface area contributed by atoms with Crippen LogP contribution in [0.2, 0.25) is 0 Å². The Hall–Kier alpha value is -0.980. The number of rotatable bonds is 4. The highest BCUT2D eigenvalue weighted by Gasteiger charge is 2.12. The highest BCUT2D eigenvalue weighted by atomic mass is 14.9. The molecule has 0 atom stereocenters. The van der Waals surface area contributed by atoms with Crippen molar-refractivity contribution in [3.8, 4) is 0 Å². The molecular weight excluding hydrogens is 206 g/mol.